The van der Waals surface area contributed by atoms with Crippen LogP contribution < -0.4 is 10.1 Å². The van der Waals surface area contributed by atoms with Crippen LogP contribution in [-0.4, -0.2) is 29.5 Å². The van der Waals surface area contributed by atoms with Crippen LogP contribution in [0.2, 0.25) is 0 Å². The Kier molecular flexibility index (Phi) is 6.72. The van der Waals surface area contributed by atoms with Crippen molar-refractivity contribution in [3.63, 3.8) is 0 Å². The Labute approximate surface area is 126 Å². The number of aryl methyl sites for hydroxylation is 1. The summed E-state index contributed by atoms with van der Waals surface area (Å²) in [6.45, 7) is 8.06. The third-order valence-electron chi connectivity index (χ3n) is 3.18. The van der Waals surface area contributed by atoms with Crippen molar-refractivity contribution >= 4 is 11.6 Å². The van der Waals surface area contributed by atoms with Crippen molar-refractivity contribution in [2.45, 2.75) is 46.6 Å². The molecule has 0 aliphatic heterocycles. The molecule has 1 rings (SSSR count). The number of ether oxygens (including phenoxy) is 1. The van der Waals surface area contributed by atoms with Crippen LogP contribution >= 0.6 is 0 Å². The van der Waals surface area contributed by atoms with E-state index in [1.165, 1.54) is 0 Å². The first-order valence-corrected chi connectivity index (χ1v) is 7.23. The zero-order valence-electron chi connectivity index (χ0n) is 13.1. The first kappa shape index (κ1) is 17.0. The summed E-state index contributed by atoms with van der Waals surface area (Å²) in [7, 11) is 0. The van der Waals surface area contributed by atoms with E-state index in [0.29, 0.717) is 23.6 Å². The molecule has 0 heterocycles. The molecule has 0 spiro atoms. The summed E-state index contributed by atoms with van der Waals surface area (Å²) in [4.78, 5) is 11.9. The minimum absolute atomic E-state index is 0.145. The molecular weight excluding hydrogens is 268 g/mol. The third kappa shape index (κ3) is 5.10. The molecule has 1 unspecified atom stereocenters. The maximum absolute atomic E-state index is 11.9. The molecule has 0 saturated heterocycles. The average Bonchev–Trinajstić information content (AvgIpc) is 2.48. The van der Waals surface area contributed by atoms with Gasteiger partial charge in [-0.3, -0.25) is 4.79 Å². The van der Waals surface area contributed by atoms with Crippen LogP contribution in [-0.2, 0) is 4.79 Å². The van der Waals surface area contributed by atoms with Gasteiger partial charge >= 0.3 is 0 Å². The van der Waals surface area contributed by atoms with Gasteiger partial charge in [-0.1, -0.05) is 30.1 Å². The third-order valence-corrected chi connectivity index (χ3v) is 3.18. The number of hydrogen-bond donors (Lipinski definition) is 2. The van der Waals surface area contributed by atoms with Crippen molar-refractivity contribution < 1.29 is 14.7 Å². The average molecular weight is 292 g/mol. The molecule has 5 nitrogen and oxygen atoms in total. The van der Waals surface area contributed by atoms with Gasteiger partial charge in [0.2, 0.25) is 0 Å². The Morgan fingerprint density at radius 2 is 2.19 bits per heavy atom. The quantitative estimate of drug-likeness (QED) is 0.351. The van der Waals surface area contributed by atoms with Crippen LogP contribution in [0.25, 0.3) is 0 Å². The van der Waals surface area contributed by atoms with Crippen LogP contribution in [0.15, 0.2) is 23.4 Å². The van der Waals surface area contributed by atoms with E-state index in [-0.39, 0.29) is 5.91 Å². The van der Waals surface area contributed by atoms with Gasteiger partial charge in [-0.25, -0.2) is 0 Å². The molecule has 21 heavy (non-hydrogen) atoms. The van der Waals surface area contributed by atoms with Gasteiger partial charge in [0.1, 0.15) is 5.75 Å². The minimum Gasteiger partial charge on any atom is -0.480 e. The van der Waals surface area contributed by atoms with Crippen LogP contribution in [0, 0.1) is 6.92 Å². The Hall–Kier alpha value is -2.04. The number of amides is 1. The number of unbranched alkanes of at least 4 members (excludes halogenated alkanes) is 1. The van der Waals surface area contributed by atoms with Crippen molar-refractivity contribution in [1.82, 2.24) is 5.32 Å². The number of nitrogens with zero attached hydrogens (tertiary/aromatic N) is 1. The lowest BCUT2D eigenvalue weighted by Gasteiger charge is -2.17. The number of benzene rings is 1. The second-order valence-electron chi connectivity index (χ2n) is 5.09. The zero-order valence-corrected chi connectivity index (χ0v) is 13.1. The number of hydrogen-bond acceptors (Lipinski definition) is 4. The van der Waals surface area contributed by atoms with Gasteiger partial charge in [-0.2, -0.15) is 0 Å². The van der Waals surface area contributed by atoms with E-state index in [2.05, 4.69) is 17.4 Å². The fraction of sp³-hybridized carbons (Fsp3) is 0.500. The molecule has 1 amide bonds. The van der Waals surface area contributed by atoms with Crippen LogP contribution in [0.4, 0.5) is 0 Å². The molecular formula is C16H24N2O3. The Morgan fingerprint density at radius 1 is 1.48 bits per heavy atom. The smallest absolute Gasteiger partial charge is 0.260 e. The number of carbonyl (C=O) groups is 1. The highest BCUT2D eigenvalue weighted by atomic mass is 16.5. The number of nitrogens with one attached hydrogen (secondary N) is 1. The molecule has 0 aliphatic carbocycles. The van der Waals surface area contributed by atoms with Crippen molar-refractivity contribution in [1.29, 1.82) is 0 Å². The Bertz CT molecular complexity index is 512. The molecule has 0 radical (unpaired) electrons. The van der Waals surface area contributed by atoms with Gasteiger partial charge in [0.25, 0.3) is 5.91 Å². The largest absolute Gasteiger partial charge is 0.480 e. The topological polar surface area (TPSA) is 70.9 Å². The highest BCUT2D eigenvalue weighted by Gasteiger charge is 2.17. The molecule has 2 N–H and O–H groups in total. The van der Waals surface area contributed by atoms with Crippen molar-refractivity contribution in [3.05, 3.63) is 29.3 Å². The van der Waals surface area contributed by atoms with Gasteiger partial charge in [0, 0.05) is 12.1 Å². The SMILES string of the molecule is CCCCNC(=O)C(C)Oc1ccc(C)cc1/C(C)=N/O. The van der Waals surface area contributed by atoms with Crippen molar-refractivity contribution in [2.75, 3.05) is 6.54 Å². The molecule has 0 saturated carbocycles. The van der Waals surface area contributed by atoms with E-state index in [9.17, 15) is 4.79 Å². The molecule has 5 heteroatoms. The summed E-state index contributed by atoms with van der Waals surface area (Å²) >= 11 is 0. The molecule has 1 aromatic rings. The first-order chi connectivity index (χ1) is 9.99. The van der Waals surface area contributed by atoms with Crippen LogP contribution in [0.3, 0.4) is 0 Å². The van der Waals surface area contributed by atoms with E-state index in [1.54, 1.807) is 19.9 Å². The van der Waals surface area contributed by atoms with E-state index < -0.39 is 6.10 Å². The van der Waals surface area contributed by atoms with E-state index in [4.69, 9.17) is 9.94 Å². The molecule has 0 fully saturated rings. The fourth-order valence-corrected chi connectivity index (χ4v) is 1.86. The zero-order chi connectivity index (χ0) is 15.8. The van der Waals surface area contributed by atoms with Crippen LogP contribution in [0.5, 0.6) is 5.75 Å². The molecule has 0 aliphatic rings. The molecule has 0 bridgehead atoms. The standard InChI is InChI=1S/C16H24N2O3/c1-5-6-9-17-16(19)13(4)21-15-8-7-11(2)10-14(15)12(3)18-20/h7-8,10,13,20H,5-6,9H2,1-4H3,(H,17,19)/b18-12+. The maximum Gasteiger partial charge on any atom is 0.260 e. The second kappa shape index (κ2) is 8.29. The lowest BCUT2D eigenvalue weighted by atomic mass is 10.1. The normalized spacial score (nSPS) is 12.9. The lowest BCUT2D eigenvalue weighted by Crippen LogP contribution is -2.37. The summed E-state index contributed by atoms with van der Waals surface area (Å²) in [5.41, 5.74) is 2.17. The predicted octanol–water partition coefficient (Wildman–Crippen LogP) is 2.88. The number of rotatable bonds is 7. The minimum atomic E-state index is -0.602. The summed E-state index contributed by atoms with van der Waals surface area (Å²) < 4.78 is 5.71. The Balaban J connectivity index is 2.80. The highest BCUT2D eigenvalue weighted by Crippen LogP contribution is 2.22. The summed E-state index contributed by atoms with van der Waals surface area (Å²) in [5.74, 6) is 0.391. The number of carbonyl (C=O) groups excluding carboxylic acids is 1. The second-order valence-corrected chi connectivity index (χ2v) is 5.09. The maximum atomic E-state index is 11.9. The lowest BCUT2D eigenvalue weighted by molar-refractivity contribution is -0.127. The van der Waals surface area contributed by atoms with E-state index >= 15 is 0 Å². The van der Waals surface area contributed by atoms with Gasteiger partial charge in [-0.15, -0.1) is 0 Å². The molecule has 1 atom stereocenters. The summed E-state index contributed by atoms with van der Waals surface area (Å²) in [6.07, 6.45) is 1.38. The first-order valence-electron chi connectivity index (χ1n) is 7.23. The van der Waals surface area contributed by atoms with Crippen molar-refractivity contribution in [3.8, 4) is 5.75 Å². The molecule has 0 aromatic heterocycles. The van der Waals surface area contributed by atoms with Gasteiger partial charge in [0.05, 0.1) is 5.71 Å². The van der Waals surface area contributed by atoms with Gasteiger partial charge < -0.3 is 15.3 Å². The van der Waals surface area contributed by atoms with Gasteiger partial charge in [0.15, 0.2) is 6.10 Å². The molecule has 1 aromatic carbocycles. The Morgan fingerprint density at radius 3 is 2.81 bits per heavy atom. The predicted molar refractivity (Wildman–Crippen MR) is 83.2 cm³/mol. The van der Waals surface area contributed by atoms with Crippen LogP contribution in [0.1, 0.15) is 44.7 Å². The number of oxime groups is 1. The van der Waals surface area contributed by atoms with E-state index in [0.717, 1.165) is 18.4 Å². The highest BCUT2D eigenvalue weighted by molar-refractivity contribution is 6.01. The van der Waals surface area contributed by atoms with E-state index in [1.807, 2.05) is 19.1 Å². The monoisotopic (exact) mass is 292 g/mol. The summed E-state index contributed by atoms with van der Waals surface area (Å²) in [6, 6.07) is 5.55. The molecule has 116 valence electrons. The van der Waals surface area contributed by atoms with Gasteiger partial charge in [-0.05, 0) is 39.3 Å². The summed E-state index contributed by atoms with van der Waals surface area (Å²) in [5, 5.41) is 15.0. The van der Waals surface area contributed by atoms with Crippen molar-refractivity contribution in [2.24, 2.45) is 5.16 Å². The fourth-order valence-electron chi connectivity index (χ4n) is 1.86.